The first-order chi connectivity index (χ1) is 21.0. The molecule has 228 valence electrons. The van der Waals surface area contributed by atoms with Crippen LogP contribution in [0.1, 0.15) is 102 Å². The van der Waals surface area contributed by atoms with Crippen LogP contribution in [-0.2, 0) is 6.42 Å². The van der Waals surface area contributed by atoms with Crippen LogP contribution in [0.25, 0.3) is 27.8 Å². The fourth-order valence-corrected chi connectivity index (χ4v) is 7.33. The van der Waals surface area contributed by atoms with Crippen molar-refractivity contribution in [1.29, 1.82) is 0 Å². The molecule has 5 rings (SSSR count). The molecule has 0 aliphatic heterocycles. The molecule has 2 aliphatic carbocycles. The largest absolute Gasteiger partial charge is 0.206 e. The fraction of sp³-hybridized carbons (Fsp3) is 0.450. The van der Waals surface area contributed by atoms with Gasteiger partial charge in [0.25, 0.3) is 0 Å². The topological polar surface area (TPSA) is 0 Å². The van der Waals surface area contributed by atoms with Gasteiger partial charge in [-0.1, -0.05) is 99.4 Å². The molecule has 1 saturated carbocycles. The SMILES string of the molecule is CC=CC1CCC(C2CC=C(c3ccc(-c4ccc(-c5ccc(CCCCCCC)c(F)c5F)cc4)cc3F)CC2)CC1. The number of rotatable bonds is 11. The van der Waals surface area contributed by atoms with Gasteiger partial charge < -0.3 is 0 Å². The Morgan fingerprint density at radius 1 is 0.698 bits per heavy atom. The minimum absolute atomic E-state index is 0.198. The molecular formula is C40H47F3. The molecule has 0 bridgehead atoms. The van der Waals surface area contributed by atoms with Crippen LogP contribution in [0.15, 0.2) is 72.8 Å². The molecule has 1 unspecified atom stereocenters. The van der Waals surface area contributed by atoms with E-state index >= 15 is 8.78 Å². The number of aryl methyl sites for hydroxylation is 1. The highest BCUT2D eigenvalue weighted by molar-refractivity contribution is 5.74. The molecule has 0 spiro atoms. The molecule has 0 radical (unpaired) electrons. The molecule has 1 atom stereocenters. The van der Waals surface area contributed by atoms with E-state index in [9.17, 15) is 4.39 Å². The Morgan fingerprint density at radius 2 is 1.40 bits per heavy atom. The quantitative estimate of drug-likeness (QED) is 0.155. The highest BCUT2D eigenvalue weighted by Gasteiger charge is 2.28. The summed E-state index contributed by atoms with van der Waals surface area (Å²) in [5, 5.41) is 0. The van der Waals surface area contributed by atoms with Crippen molar-refractivity contribution in [1.82, 2.24) is 0 Å². The Balaban J connectivity index is 1.21. The maximum Gasteiger partial charge on any atom is 0.166 e. The second-order valence-electron chi connectivity index (χ2n) is 12.8. The highest BCUT2D eigenvalue weighted by Crippen LogP contribution is 2.42. The van der Waals surface area contributed by atoms with E-state index in [1.54, 1.807) is 30.3 Å². The number of benzene rings is 3. The molecule has 0 aromatic heterocycles. The van der Waals surface area contributed by atoms with Crippen molar-refractivity contribution in [2.75, 3.05) is 0 Å². The number of hydrogen-bond acceptors (Lipinski definition) is 0. The second kappa shape index (κ2) is 15.1. The van der Waals surface area contributed by atoms with Gasteiger partial charge in [0, 0.05) is 11.1 Å². The van der Waals surface area contributed by atoms with Crippen molar-refractivity contribution in [3.63, 3.8) is 0 Å². The molecule has 0 amide bonds. The van der Waals surface area contributed by atoms with Gasteiger partial charge in [0.05, 0.1) is 0 Å². The summed E-state index contributed by atoms with van der Waals surface area (Å²) in [7, 11) is 0. The van der Waals surface area contributed by atoms with E-state index in [0.29, 0.717) is 23.1 Å². The maximum absolute atomic E-state index is 15.4. The van der Waals surface area contributed by atoms with E-state index in [1.165, 1.54) is 32.1 Å². The molecule has 0 N–H and O–H groups in total. The van der Waals surface area contributed by atoms with Crippen LogP contribution in [-0.4, -0.2) is 0 Å². The lowest BCUT2D eigenvalue weighted by molar-refractivity contribution is 0.212. The zero-order chi connectivity index (χ0) is 30.2. The van der Waals surface area contributed by atoms with E-state index in [4.69, 9.17) is 0 Å². The van der Waals surface area contributed by atoms with E-state index in [2.05, 4.69) is 32.1 Å². The molecule has 43 heavy (non-hydrogen) atoms. The van der Waals surface area contributed by atoms with Crippen LogP contribution in [0, 0.1) is 35.2 Å². The number of unbranched alkanes of at least 4 members (excludes halogenated alkanes) is 4. The minimum Gasteiger partial charge on any atom is -0.206 e. The molecular weight excluding hydrogens is 537 g/mol. The van der Waals surface area contributed by atoms with Gasteiger partial charge in [-0.25, -0.2) is 13.2 Å². The summed E-state index contributed by atoms with van der Waals surface area (Å²) in [6.07, 6.45) is 21.1. The Hall–Kier alpha value is -3.07. The molecule has 1 fully saturated rings. The van der Waals surface area contributed by atoms with E-state index in [1.807, 2.05) is 24.3 Å². The van der Waals surface area contributed by atoms with Crippen LogP contribution in [0.4, 0.5) is 13.2 Å². The second-order valence-corrected chi connectivity index (χ2v) is 12.8. The van der Waals surface area contributed by atoms with Crippen LogP contribution < -0.4 is 0 Å². The van der Waals surface area contributed by atoms with Gasteiger partial charge >= 0.3 is 0 Å². The van der Waals surface area contributed by atoms with E-state index < -0.39 is 11.6 Å². The van der Waals surface area contributed by atoms with Crippen molar-refractivity contribution in [3.8, 4) is 22.3 Å². The van der Waals surface area contributed by atoms with Crippen LogP contribution in [0.3, 0.4) is 0 Å². The van der Waals surface area contributed by atoms with Crippen LogP contribution in [0.5, 0.6) is 0 Å². The molecule has 0 saturated heterocycles. The Kier molecular flexibility index (Phi) is 11.0. The predicted octanol–water partition coefficient (Wildman–Crippen LogP) is 12.5. The third kappa shape index (κ3) is 7.72. The van der Waals surface area contributed by atoms with E-state index in [0.717, 1.165) is 79.4 Å². The monoisotopic (exact) mass is 584 g/mol. The van der Waals surface area contributed by atoms with E-state index in [-0.39, 0.29) is 11.4 Å². The smallest absolute Gasteiger partial charge is 0.166 e. The van der Waals surface area contributed by atoms with Gasteiger partial charge in [0.1, 0.15) is 5.82 Å². The Morgan fingerprint density at radius 3 is 2.07 bits per heavy atom. The van der Waals surface area contributed by atoms with Gasteiger partial charge in [-0.15, -0.1) is 0 Å². The van der Waals surface area contributed by atoms with Crippen LogP contribution in [0.2, 0.25) is 0 Å². The van der Waals surface area contributed by atoms with Crippen molar-refractivity contribution in [2.24, 2.45) is 17.8 Å². The van der Waals surface area contributed by atoms with Crippen molar-refractivity contribution < 1.29 is 13.2 Å². The first-order valence-corrected chi connectivity index (χ1v) is 16.7. The van der Waals surface area contributed by atoms with Crippen molar-refractivity contribution in [3.05, 3.63) is 101 Å². The molecule has 0 heterocycles. The van der Waals surface area contributed by atoms with Gasteiger partial charge in [0.2, 0.25) is 0 Å². The molecule has 3 aromatic rings. The summed E-state index contributed by atoms with van der Waals surface area (Å²) in [5.74, 6) is 0.550. The summed E-state index contributed by atoms with van der Waals surface area (Å²) < 4.78 is 45.2. The number of allylic oxidation sites excluding steroid dienone is 4. The van der Waals surface area contributed by atoms with Crippen molar-refractivity contribution in [2.45, 2.75) is 97.3 Å². The lowest BCUT2D eigenvalue weighted by Crippen LogP contribution is -2.22. The average molecular weight is 585 g/mol. The van der Waals surface area contributed by atoms with Gasteiger partial charge in [-0.2, -0.15) is 0 Å². The zero-order valence-corrected chi connectivity index (χ0v) is 26.0. The Bertz CT molecular complexity index is 1410. The summed E-state index contributed by atoms with van der Waals surface area (Å²) in [6.45, 7) is 4.28. The van der Waals surface area contributed by atoms with Crippen molar-refractivity contribution >= 4 is 5.57 Å². The lowest BCUT2D eigenvalue weighted by atomic mass is 9.71. The summed E-state index contributed by atoms with van der Waals surface area (Å²) in [4.78, 5) is 0. The molecule has 3 aromatic carbocycles. The average Bonchev–Trinajstić information content (AvgIpc) is 3.04. The summed E-state index contributed by atoms with van der Waals surface area (Å²) in [5.41, 5.74) is 4.78. The fourth-order valence-electron chi connectivity index (χ4n) is 7.33. The van der Waals surface area contributed by atoms with Gasteiger partial charge in [-0.3, -0.25) is 0 Å². The lowest BCUT2D eigenvalue weighted by Gasteiger charge is -2.35. The third-order valence-electron chi connectivity index (χ3n) is 9.96. The number of hydrogen-bond donors (Lipinski definition) is 0. The first kappa shape index (κ1) is 31.4. The molecule has 2 aliphatic rings. The third-order valence-corrected chi connectivity index (χ3v) is 9.96. The standard InChI is InChI=1S/C40H47F3/c1-3-5-6-7-8-10-34-23-26-37(40(43)39(34)42)33-21-17-31(18-22-33)35-24-25-36(38(41)27-35)32-19-15-30(16-20-32)29-13-11-28(9-4-2)12-14-29/h4,9,17-19,21-30H,3,5-8,10-16,20H2,1-2H3. The first-order valence-electron chi connectivity index (χ1n) is 16.7. The Labute approximate surface area is 257 Å². The van der Waals surface area contributed by atoms with Crippen LogP contribution >= 0.6 is 0 Å². The minimum atomic E-state index is -0.793. The zero-order valence-electron chi connectivity index (χ0n) is 26.0. The number of halogens is 3. The maximum atomic E-state index is 15.4. The van der Waals surface area contributed by atoms with Gasteiger partial charge in [0.15, 0.2) is 11.6 Å². The molecule has 0 nitrogen and oxygen atoms in total. The summed E-state index contributed by atoms with van der Waals surface area (Å²) in [6, 6.07) is 16.2. The normalized spacial score (nSPS) is 20.9. The summed E-state index contributed by atoms with van der Waals surface area (Å²) >= 11 is 0. The van der Waals surface area contributed by atoms with Gasteiger partial charge in [-0.05, 0) is 116 Å². The highest BCUT2D eigenvalue weighted by atomic mass is 19.2. The molecule has 3 heteroatoms. The predicted molar refractivity (Wildman–Crippen MR) is 175 cm³/mol.